The third kappa shape index (κ3) is 13.2. The van der Waals surface area contributed by atoms with Crippen LogP contribution in [-0.2, 0) is 4.79 Å². The maximum Gasteiger partial charge on any atom is 0.337 e. The van der Waals surface area contributed by atoms with Crippen molar-refractivity contribution in [2.75, 3.05) is 16.8 Å². The quantitative estimate of drug-likeness (QED) is 0.223. The highest BCUT2D eigenvalue weighted by atomic mass is 16.4. The number of carboxylic acids is 1. The lowest BCUT2D eigenvalue weighted by atomic mass is 10.1. The molecule has 1 aliphatic heterocycles. The Morgan fingerprint density at radius 2 is 1.17 bits per heavy atom. The van der Waals surface area contributed by atoms with Crippen LogP contribution in [0, 0.1) is 0 Å². The number of nitrogen functional groups attached to an aromatic ring is 2. The monoisotopic (exact) mass is 483 g/mol. The maximum atomic E-state index is 11.0. The van der Waals surface area contributed by atoms with Crippen molar-refractivity contribution in [3.63, 3.8) is 0 Å². The summed E-state index contributed by atoms with van der Waals surface area (Å²) in [5.41, 5.74) is 13.1. The molecule has 1 heterocycles. The number of fused-ring (bicyclic) bond motifs is 1. The Balaban J connectivity index is -0.000000397. The van der Waals surface area contributed by atoms with E-state index in [0.29, 0.717) is 16.9 Å². The minimum absolute atomic E-state index is 0. The number of benzene rings is 3. The molecule has 0 unspecified atom stereocenters. The number of hydrogen-bond donors (Lipinski definition) is 4. The lowest BCUT2D eigenvalue weighted by Crippen LogP contribution is -2.12. The van der Waals surface area contributed by atoms with E-state index in [9.17, 15) is 14.4 Å². The topological polar surface area (TPSA) is 136 Å². The highest BCUT2D eigenvalue weighted by molar-refractivity contribution is 6.51. The third-order valence-electron chi connectivity index (χ3n) is 3.62. The fraction of sp³-hybridized carbons (Fsp3) is 0.250. The number of nitrogens with two attached hydrogens (primary N) is 2. The zero-order chi connectivity index (χ0) is 26.5. The summed E-state index contributed by atoms with van der Waals surface area (Å²) in [6, 6.07) is 22.7. The van der Waals surface area contributed by atoms with E-state index in [1.54, 1.807) is 42.5 Å². The molecule has 0 fully saturated rings. The lowest BCUT2D eigenvalue weighted by molar-refractivity contribution is -0.112. The number of hydrogen-bond acceptors (Lipinski definition) is 5. The Hall–Kier alpha value is -4.13. The molecule has 0 saturated heterocycles. The Morgan fingerprint density at radius 1 is 0.714 bits per heavy atom. The number of ketones is 1. The smallest absolute Gasteiger partial charge is 0.337 e. The summed E-state index contributed by atoms with van der Waals surface area (Å²) in [6.45, 7) is 12.0. The van der Waals surface area contributed by atoms with Gasteiger partial charge in [-0.25, -0.2) is 4.79 Å². The number of para-hydroxylation sites is 3. The second kappa shape index (κ2) is 21.7. The van der Waals surface area contributed by atoms with E-state index in [-0.39, 0.29) is 13.0 Å². The van der Waals surface area contributed by atoms with Gasteiger partial charge < -0.3 is 21.9 Å². The first-order valence-corrected chi connectivity index (χ1v) is 11.2. The summed E-state index contributed by atoms with van der Waals surface area (Å²) in [6.07, 6.45) is 0. The fourth-order valence-corrected chi connectivity index (χ4v) is 2.24. The van der Waals surface area contributed by atoms with Gasteiger partial charge in [-0.1, -0.05) is 91.4 Å². The van der Waals surface area contributed by atoms with Gasteiger partial charge in [-0.3, -0.25) is 9.59 Å². The Morgan fingerprint density at radius 3 is 1.57 bits per heavy atom. The first-order valence-electron chi connectivity index (χ1n) is 11.2. The number of amides is 1. The van der Waals surface area contributed by atoms with Crippen molar-refractivity contribution in [1.82, 2.24) is 0 Å². The van der Waals surface area contributed by atoms with E-state index in [2.05, 4.69) is 5.32 Å². The molecule has 7 nitrogen and oxygen atoms in total. The zero-order valence-electron chi connectivity index (χ0n) is 20.8. The standard InChI is InChI=1S/C8H5NO2.C7H7NO2.C6H7N.3C2H6.CH4/c10-7-5-3-1-2-4-6(5)9-8(7)11;8-6-4-2-1-3-5(6)7(9)10;7-6-4-2-1-3-5-6;3*1-2;/h1-4H,(H,9,10,11);1-4H,8H2,(H,9,10);1-5H,7H2;3*1-2H3;1H4. The van der Waals surface area contributed by atoms with Crippen molar-refractivity contribution in [2.45, 2.75) is 49.0 Å². The van der Waals surface area contributed by atoms with Crippen molar-refractivity contribution in [2.24, 2.45) is 0 Å². The van der Waals surface area contributed by atoms with E-state index < -0.39 is 17.7 Å². The molecule has 192 valence electrons. The van der Waals surface area contributed by atoms with Gasteiger partial charge in [0.2, 0.25) is 0 Å². The van der Waals surface area contributed by atoms with Crippen LogP contribution in [0.3, 0.4) is 0 Å². The fourth-order valence-electron chi connectivity index (χ4n) is 2.24. The van der Waals surface area contributed by atoms with Crippen LogP contribution in [-0.4, -0.2) is 22.8 Å². The molecule has 3 aromatic carbocycles. The van der Waals surface area contributed by atoms with Gasteiger partial charge in [-0.15, -0.1) is 0 Å². The van der Waals surface area contributed by atoms with Crippen LogP contribution < -0.4 is 16.8 Å². The predicted octanol–water partition coefficient (Wildman–Crippen LogP) is 6.77. The van der Waals surface area contributed by atoms with Gasteiger partial charge in [-0.05, 0) is 36.4 Å². The molecule has 35 heavy (non-hydrogen) atoms. The second-order valence-electron chi connectivity index (χ2n) is 5.63. The van der Waals surface area contributed by atoms with Crippen LogP contribution in [0.1, 0.15) is 69.7 Å². The van der Waals surface area contributed by atoms with Crippen LogP contribution in [0.25, 0.3) is 0 Å². The molecule has 0 aliphatic carbocycles. The number of nitrogens with one attached hydrogen (secondary N) is 1. The number of carboxylic acid groups (broad SMARTS) is 1. The minimum Gasteiger partial charge on any atom is -0.478 e. The minimum atomic E-state index is -0.988. The SMILES string of the molecule is C.CC.CC.CC.Nc1ccccc1.Nc1ccccc1C(=O)O.O=C1Nc2ccccc2C1=O. The zero-order valence-corrected chi connectivity index (χ0v) is 20.8. The molecular formula is C28H41N3O4. The molecule has 3 aromatic rings. The summed E-state index contributed by atoms with van der Waals surface area (Å²) < 4.78 is 0. The first-order chi connectivity index (χ1) is 16.4. The highest BCUT2D eigenvalue weighted by Crippen LogP contribution is 2.21. The van der Waals surface area contributed by atoms with E-state index >= 15 is 0 Å². The summed E-state index contributed by atoms with van der Waals surface area (Å²) in [5.74, 6) is -1.97. The first kappa shape index (κ1) is 35.5. The van der Waals surface area contributed by atoms with Gasteiger partial charge >= 0.3 is 5.97 Å². The van der Waals surface area contributed by atoms with Crippen molar-refractivity contribution >= 4 is 34.7 Å². The number of carbonyl (C=O) groups excluding carboxylic acids is 2. The average molecular weight is 484 g/mol. The van der Waals surface area contributed by atoms with Crippen LogP contribution in [0.15, 0.2) is 78.9 Å². The van der Waals surface area contributed by atoms with Gasteiger partial charge in [0.1, 0.15) is 0 Å². The normalized spacial score (nSPS) is 9.43. The molecule has 1 aliphatic rings. The lowest BCUT2D eigenvalue weighted by Gasteiger charge is -1.96. The third-order valence-corrected chi connectivity index (χ3v) is 3.62. The van der Waals surface area contributed by atoms with Gasteiger partial charge in [0.15, 0.2) is 0 Å². The summed E-state index contributed by atoms with van der Waals surface area (Å²) in [5, 5.41) is 10.9. The number of anilines is 3. The van der Waals surface area contributed by atoms with Gasteiger partial charge in [0, 0.05) is 11.4 Å². The average Bonchev–Trinajstić information content (AvgIpc) is 3.18. The summed E-state index contributed by atoms with van der Waals surface area (Å²) >= 11 is 0. The molecule has 0 bridgehead atoms. The van der Waals surface area contributed by atoms with Crippen molar-refractivity contribution in [3.05, 3.63) is 90.0 Å². The van der Waals surface area contributed by atoms with Crippen LogP contribution in [0.5, 0.6) is 0 Å². The summed E-state index contributed by atoms with van der Waals surface area (Å²) in [4.78, 5) is 32.1. The number of Topliss-reactive ketones (excluding diaryl/α,β-unsaturated/α-hetero) is 1. The van der Waals surface area contributed by atoms with E-state index in [0.717, 1.165) is 5.69 Å². The number of aromatic carboxylic acids is 1. The molecule has 7 heteroatoms. The molecule has 0 spiro atoms. The highest BCUT2D eigenvalue weighted by Gasteiger charge is 2.26. The molecule has 1 amide bonds. The Labute approximate surface area is 210 Å². The predicted molar refractivity (Wildman–Crippen MR) is 149 cm³/mol. The van der Waals surface area contributed by atoms with Crippen LogP contribution in [0.4, 0.5) is 17.1 Å². The van der Waals surface area contributed by atoms with Gasteiger partial charge in [-0.2, -0.15) is 0 Å². The maximum absolute atomic E-state index is 11.0. The number of rotatable bonds is 1. The van der Waals surface area contributed by atoms with E-state index in [1.165, 1.54) is 6.07 Å². The van der Waals surface area contributed by atoms with E-state index in [4.69, 9.17) is 16.6 Å². The molecule has 0 aromatic heterocycles. The number of carbonyl (C=O) groups is 3. The molecule has 0 saturated carbocycles. The molecule has 0 radical (unpaired) electrons. The molecule has 6 N–H and O–H groups in total. The molecule has 4 rings (SSSR count). The van der Waals surface area contributed by atoms with Crippen LogP contribution >= 0.6 is 0 Å². The van der Waals surface area contributed by atoms with Crippen LogP contribution in [0.2, 0.25) is 0 Å². The second-order valence-corrected chi connectivity index (χ2v) is 5.63. The molecular weight excluding hydrogens is 442 g/mol. The van der Waals surface area contributed by atoms with Gasteiger partial charge in [0.25, 0.3) is 11.7 Å². The van der Waals surface area contributed by atoms with Gasteiger partial charge in [0.05, 0.1) is 16.8 Å². The molecule has 0 atom stereocenters. The largest absolute Gasteiger partial charge is 0.478 e. The van der Waals surface area contributed by atoms with Crippen molar-refractivity contribution in [1.29, 1.82) is 0 Å². The Bertz CT molecular complexity index is 990. The van der Waals surface area contributed by atoms with Crippen molar-refractivity contribution < 1.29 is 19.5 Å². The Kier molecular flexibility index (Phi) is 22.0. The van der Waals surface area contributed by atoms with Crippen molar-refractivity contribution in [3.8, 4) is 0 Å². The summed E-state index contributed by atoms with van der Waals surface area (Å²) in [7, 11) is 0. The van der Waals surface area contributed by atoms with E-state index in [1.807, 2.05) is 71.9 Å².